The molecule has 0 radical (unpaired) electrons. The summed E-state index contributed by atoms with van der Waals surface area (Å²) in [6.07, 6.45) is 0. The van der Waals surface area contributed by atoms with Gasteiger partial charge in [0.1, 0.15) is 0 Å². The van der Waals surface area contributed by atoms with Crippen LogP contribution in [0.4, 0.5) is 11.4 Å². The third-order valence-electron chi connectivity index (χ3n) is 2.61. The summed E-state index contributed by atoms with van der Waals surface area (Å²) in [4.78, 5) is 22.5. The molecule has 0 bridgehead atoms. The molecular weight excluding hydrogens is 358 g/mol. The lowest BCUT2D eigenvalue weighted by Crippen LogP contribution is -2.28. The summed E-state index contributed by atoms with van der Waals surface area (Å²) in [5.41, 5.74) is 0.825. The molecule has 0 unspecified atom stereocenters. The highest BCUT2D eigenvalue weighted by Gasteiger charge is 2.07. The van der Waals surface area contributed by atoms with Crippen LogP contribution in [0.3, 0.4) is 0 Å². The fourth-order valence-corrected chi connectivity index (χ4v) is 2.91. The van der Waals surface area contributed by atoms with Crippen molar-refractivity contribution in [1.82, 2.24) is 5.32 Å². The lowest BCUT2D eigenvalue weighted by atomic mass is 10.3. The van der Waals surface area contributed by atoms with Gasteiger partial charge in [0.25, 0.3) is 11.6 Å². The van der Waals surface area contributed by atoms with E-state index in [1.807, 2.05) is 6.07 Å². The number of amides is 1. The van der Waals surface area contributed by atoms with Gasteiger partial charge < -0.3 is 10.6 Å². The highest BCUT2D eigenvalue weighted by molar-refractivity contribution is 9.11. The average Bonchev–Trinajstić information content (AvgIpc) is 2.90. The van der Waals surface area contributed by atoms with Crippen LogP contribution in [0.1, 0.15) is 9.67 Å². The summed E-state index contributed by atoms with van der Waals surface area (Å²) in [6.45, 7) is 1.00. The van der Waals surface area contributed by atoms with Crippen molar-refractivity contribution in [2.75, 3.05) is 18.4 Å². The van der Waals surface area contributed by atoms with Crippen LogP contribution < -0.4 is 10.6 Å². The van der Waals surface area contributed by atoms with Gasteiger partial charge in [0.15, 0.2) is 0 Å². The summed E-state index contributed by atoms with van der Waals surface area (Å²) in [5.74, 6) is -0.115. The Balaban J connectivity index is 1.74. The van der Waals surface area contributed by atoms with Crippen molar-refractivity contribution < 1.29 is 9.72 Å². The first-order valence-electron chi connectivity index (χ1n) is 6.08. The molecule has 1 aromatic heterocycles. The van der Waals surface area contributed by atoms with E-state index in [0.717, 1.165) is 9.47 Å². The minimum absolute atomic E-state index is 0.0529. The Hall–Kier alpha value is -1.93. The molecule has 1 amide bonds. The van der Waals surface area contributed by atoms with E-state index in [9.17, 15) is 14.9 Å². The smallest absolute Gasteiger partial charge is 0.269 e. The van der Waals surface area contributed by atoms with E-state index in [2.05, 4.69) is 26.6 Å². The van der Waals surface area contributed by atoms with Crippen molar-refractivity contribution in [3.05, 3.63) is 55.2 Å². The van der Waals surface area contributed by atoms with Gasteiger partial charge in [0.2, 0.25) is 0 Å². The van der Waals surface area contributed by atoms with Crippen LogP contribution in [0, 0.1) is 10.1 Å². The zero-order chi connectivity index (χ0) is 15.2. The summed E-state index contributed by atoms with van der Waals surface area (Å²) < 4.78 is 0.914. The first-order chi connectivity index (χ1) is 10.1. The fraction of sp³-hybridized carbons (Fsp3) is 0.154. The minimum atomic E-state index is -0.441. The number of hydrogen-bond acceptors (Lipinski definition) is 5. The van der Waals surface area contributed by atoms with Gasteiger partial charge in [-0.15, -0.1) is 11.3 Å². The van der Waals surface area contributed by atoms with Crippen LogP contribution in [0.2, 0.25) is 0 Å². The Morgan fingerprint density at radius 1 is 1.19 bits per heavy atom. The topological polar surface area (TPSA) is 84.3 Å². The highest BCUT2D eigenvalue weighted by Crippen LogP contribution is 2.21. The molecule has 21 heavy (non-hydrogen) atoms. The molecule has 0 aliphatic rings. The summed E-state index contributed by atoms with van der Waals surface area (Å²) in [7, 11) is 0. The van der Waals surface area contributed by atoms with Crippen molar-refractivity contribution >= 4 is 44.5 Å². The number of anilines is 1. The van der Waals surface area contributed by atoms with Gasteiger partial charge >= 0.3 is 0 Å². The van der Waals surface area contributed by atoms with Crippen LogP contribution in [-0.4, -0.2) is 23.9 Å². The second kappa shape index (κ2) is 7.19. The molecule has 1 aromatic carbocycles. The molecule has 0 aliphatic carbocycles. The molecule has 0 saturated heterocycles. The standard InChI is InChI=1S/C13H12BrN3O3S/c14-12-6-5-11(21-12)13(18)16-8-7-15-9-1-3-10(4-2-9)17(19)20/h1-6,15H,7-8H2,(H,16,18). The fourth-order valence-electron chi connectivity index (χ4n) is 1.61. The van der Waals surface area contributed by atoms with Gasteiger partial charge in [0.05, 0.1) is 13.6 Å². The Kier molecular flexibility index (Phi) is 5.29. The molecule has 2 rings (SSSR count). The summed E-state index contributed by atoms with van der Waals surface area (Å²) in [6, 6.07) is 9.73. The average molecular weight is 370 g/mol. The monoisotopic (exact) mass is 369 g/mol. The van der Waals surface area contributed by atoms with Crippen LogP contribution >= 0.6 is 27.3 Å². The number of nitrogens with zero attached hydrogens (tertiary/aromatic N) is 1. The van der Waals surface area contributed by atoms with E-state index in [1.165, 1.54) is 23.5 Å². The molecule has 1 heterocycles. The Morgan fingerprint density at radius 2 is 1.90 bits per heavy atom. The zero-order valence-electron chi connectivity index (χ0n) is 10.8. The number of carbonyl (C=O) groups is 1. The van der Waals surface area contributed by atoms with Crippen LogP contribution in [-0.2, 0) is 0 Å². The Bertz CT molecular complexity index is 642. The minimum Gasteiger partial charge on any atom is -0.383 e. The van der Waals surface area contributed by atoms with E-state index < -0.39 is 4.92 Å². The number of rotatable bonds is 6. The second-order valence-corrected chi connectivity index (χ2v) is 6.55. The predicted molar refractivity (Wildman–Crippen MR) is 85.9 cm³/mol. The quantitative estimate of drug-likeness (QED) is 0.464. The van der Waals surface area contributed by atoms with E-state index in [-0.39, 0.29) is 11.6 Å². The van der Waals surface area contributed by atoms with Crippen molar-refractivity contribution in [1.29, 1.82) is 0 Å². The largest absolute Gasteiger partial charge is 0.383 e. The van der Waals surface area contributed by atoms with Gasteiger partial charge in [-0.25, -0.2) is 0 Å². The normalized spacial score (nSPS) is 10.1. The molecule has 2 aromatic rings. The first kappa shape index (κ1) is 15.5. The van der Waals surface area contributed by atoms with Gasteiger partial charge in [-0.1, -0.05) is 0 Å². The predicted octanol–water partition coefficient (Wildman–Crippen LogP) is 3.26. The van der Waals surface area contributed by atoms with Crippen molar-refractivity contribution in [3.8, 4) is 0 Å². The molecule has 0 aliphatic heterocycles. The van der Waals surface area contributed by atoms with Gasteiger partial charge in [-0.05, 0) is 40.2 Å². The number of hydrogen-bond donors (Lipinski definition) is 2. The van der Waals surface area contributed by atoms with Gasteiger partial charge in [0, 0.05) is 30.9 Å². The molecule has 0 atom stereocenters. The number of carbonyl (C=O) groups excluding carboxylic acids is 1. The summed E-state index contributed by atoms with van der Waals surface area (Å²) >= 11 is 4.68. The van der Waals surface area contributed by atoms with Crippen LogP contribution in [0.15, 0.2) is 40.2 Å². The molecule has 2 N–H and O–H groups in total. The molecule has 0 spiro atoms. The number of nitro groups is 1. The van der Waals surface area contributed by atoms with E-state index in [4.69, 9.17) is 0 Å². The SMILES string of the molecule is O=C(NCCNc1ccc([N+](=O)[O-])cc1)c1ccc(Br)s1. The van der Waals surface area contributed by atoms with E-state index in [1.54, 1.807) is 18.2 Å². The van der Waals surface area contributed by atoms with Crippen LogP contribution in [0.5, 0.6) is 0 Å². The lowest BCUT2D eigenvalue weighted by molar-refractivity contribution is -0.384. The summed E-state index contributed by atoms with van der Waals surface area (Å²) in [5, 5.41) is 16.4. The van der Waals surface area contributed by atoms with Crippen molar-refractivity contribution in [3.63, 3.8) is 0 Å². The number of non-ortho nitro benzene ring substituents is 1. The van der Waals surface area contributed by atoms with Crippen molar-refractivity contribution in [2.45, 2.75) is 0 Å². The maximum Gasteiger partial charge on any atom is 0.269 e. The third-order valence-corrected chi connectivity index (χ3v) is 4.24. The van der Waals surface area contributed by atoms with E-state index in [0.29, 0.717) is 18.0 Å². The number of benzene rings is 1. The third kappa shape index (κ3) is 4.54. The zero-order valence-corrected chi connectivity index (χ0v) is 13.2. The number of thiophene rings is 1. The maximum atomic E-state index is 11.8. The van der Waals surface area contributed by atoms with E-state index >= 15 is 0 Å². The number of nitrogens with one attached hydrogen (secondary N) is 2. The first-order valence-corrected chi connectivity index (χ1v) is 7.69. The van der Waals surface area contributed by atoms with Gasteiger partial charge in [-0.2, -0.15) is 0 Å². The number of halogens is 1. The molecule has 6 nitrogen and oxygen atoms in total. The molecule has 8 heteroatoms. The second-order valence-electron chi connectivity index (χ2n) is 4.09. The van der Waals surface area contributed by atoms with Gasteiger partial charge in [-0.3, -0.25) is 14.9 Å². The van der Waals surface area contributed by atoms with Crippen molar-refractivity contribution in [2.24, 2.45) is 0 Å². The maximum absolute atomic E-state index is 11.8. The molecule has 110 valence electrons. The molecule has 0 saturated carbocycles. The Morgan fingerprint density at radius 3 is 2.48 bits per heavy atom. The Labute approximate surface area is 133 Å². The molecular formula is C13H12BrN3O3S. The molecule has 0 fully saturated rings. The highest BCUT2D eigenvalue weighted by atomic mass is 79.9. The number of nitro benzene ring substituents is 1. The van der Waals surface area contributed by atoms with Crippen LogP contribution in [0.25, 0.3) is 0 Å². The lowest BCUT2D eigenvalue weighted by Gasteiger charge is -2.07.